The molecule has 6 heteroatoms. The van der Waals surface area contributed by atoms with Crippen molar-refractivity contribution in [1.82, 2.24) is 19.9 Å². The van der Waals surface area contributed by atoms with Crippen molar-refractivity contribution in [3.05, 3.63) is 169 Å². The number of rotatable bonds is 6. The average Bonchev–Trinajstić information content (AvgIpc) is 3.60. The molecule has 0 N–H and O–H groups in total. The fourth-order valence-corrected chi connectivity index (χ4v) is 6.47. The third kappa shape index (κ3) is 5.69. The Balaban J connectivity index is 1.13. The van der Waals surface area contributed by atoms with Crippen LogP contribution in [-0.2, 0) is 0 Å². The number of fused-ring (bicyclic) bond motifs is 3. The van der Waals surface area contributed by atoms with Crippen LogP contribution in [0.1, 0.15) is 5.56 Å². The van der Waals surface area contributed by atoms with E-state index in [2.05, 4.69) is 66.7 Å². The molecular weight excluding hydrogens is 627 g/mol. The third-order valence-electron chi connectivity index (χ3n) is 9.04. The maximum absolute atomic E-state index is 9.17. The molecule has 238 valence electrons. The van der Waals surface area contributed by atoms with Crippen molar-refractivity contribution >= 4 is 21.9 Å². The molecule has 6 aromatic carbocycles. The summed E-state index contributed by atoms with van der Waals surface area (Å²) >= 11 is 0. The largest absolute Gasteiger partial charge is 0.456 e. The summed E-state index contributed by atoms with van der Waals surface area (Å²) in [4.78, 5) is 19.4. The van der Waals surface area contributed by atoms with Gasteiger partial charge in [0.05, 0.1) is 11.6 Å². The fraction of sp³-hybridized carbons (Fsp3) is 0. The lowest BCUT2D eigenvalue weighted by Crippen LogP contribution is -2.01. The lowest BCUT2D eigenvalue weighted by Gasteiger charge is -2.09. The zero-order valence-corrected chi connectivity index (χ0v) is 27.2. The SMILES string of the molecule is N#Cc1ccc(-c2ccc(-c3nc(-c4ccccc4)nc(-c4ccc5c(c4)oc4cccc(-c6cccc(-c7ccccc7)c6)c45)n3)nc2)cc1. The second-order valence-corrected chi connectivity index (χ2v) is 12.2. The summed E-state index contributed by atoms with van der Waals surface area (Å²) < 4.78 is 6.49. The first-order valence-electron chi connectivity index (χ1n) is 16.6. The van der Waals surface area contributed by atoms with Gasteiger partial charge in [-0.15, -0.1) is 0 Å². The lowest BCUT2D eigenvalue weighted by molar-refractivity contribution is 0.669. The number of benzene rings is 6. The molecule has 9 aromatic rings. The van der Waals surface area contributed by atoms with E-state index in [1.807, 2.05) is 84.9 Å². The third-order valence-corrected chi connectivity index (χ3v) is 9.04. The Hall–Kier alpha value is -7.23. The second kappa shape index (κ2) is 12.7. The van der Waals surface area contributed by atoms with E-state index in [1.165, 1.54) is 11.1 Å². The smallest absolute Gasteiger partial charge is 0.182 e. The summed E-state index contributed by atoms with van der Waals surface area (Å²) in [5, 5.41) is 11.3. The predicted octanol–water partition coefficient (Wildman–Crippen LogP) is 11.0. The van der Waals surface area contributed by atoms with Gasteiger partial charge in [-0.1, -0.05) is 115 Å². The number of aromatic nitrogens is 4. The summed E-state index contributed by atoms with van der Waals surface area (Å²) in [6.07, 6.45) is 1.80. The van der Waals surface area contributed by atoms with Crippen molar-refractivity contribution in [3.63, 3.8) is 0 Å². The number of hydrogen-bond donors (Lipinski definition) is 0. The predicted molar refractivity (Wildman–Crippen MR) is 202 cm³/mol. The van der Waals surface area contributed by atoms with Crippen LogP contribution in [0.15, 0.2) is 168 Å². The Morgan fingerprint density at radius 2 is 1.08 bits per heavy atom. The average molecular weight is 654 g/mol. The van der Waals surface area contributed by atoms with Crippen LogP contribution in [0.5, 0.6) is 0 Å². The summed E-state index contributed by atoms with van der Waals surface area (Å²) in [6, 6.07) is 54.8. The normalized spacial score (nSPS) is 11.1. The van der Waals surface area contributed by atoms with E-state index in [0.29, 0.717) is 28.7 Å². The molecular formula is C45H27N5O. The summed E-state index contributed by atoms with van der Waals surface area (Å²) in [6.45, 7) is 0. The lowest BCUT2D eigenvalue weighted by atomic mass is 9.96. The molecule has 0 aliphatic heterocycles. The van der Waals surface area contributed by atoms with Crippen LogP contribution in [-0.4, -0.2) is 19.9 Å². The fourth-order valence-electron chi connectivity index (χ4n) is 6.47. The van der Waals surface area contributed by atoms with Gasteiger partial charge in [-0.2, -0.15) is 5.26 Å². The van der Waals surface area contributed by atoms with Crippen LogP contribution in [0.25, 0.3) is 89.6 Å². The Morgan fingerprint density at radius 1 is 0.451 bits per heavy atom. The molecule has 0 bridgehead atoms. The van der Waals surface area contributed by atoms with E-state index in [9.17, 15) is 0 Å². The molecule has 9 rings (SSSR count). The summed E-state index contributed by atoms with van der Waals surface area (Å²) in [5.41, 5.74) is 11.0. The van der Waals surface area contributed by atoms with Gasteiger partial charge in [0.15, 0.2) is 17.5 Å². The highest BCUT2D eigenvalue weighted by Gasteiger charge is 2.17. The minimum Gasteiger partial charge on any atom is -0.456 e. The minimum absolute atomic E-state index is 0.468. The molecule has 6 nitrogen and oxygen atoms in total. The first-order valence-corrected chi connectivity index (χ1v) is 16.6. The molecule has 0 fully saturated rings. The summed E-state index contributed by atoms with van der Waals surface area (Å²) in [7, 11) is 0. The van der Waals surface area contributed by atoms with Gasteiger partial charge >= 0.3 is 0 Å². The maximum atomic E-state index is 9.17. The second-order valence-electron chi connectivity index (χ2n) is 12.2. The van der Waals surface area contributed by atoms with Crippen molar-refractivity contribution in [2.24, 2.45) is 0 Å². The molecule has 0 saturated heterocycles. The first-order chi connectivity index (χ1) is 25.2. The molecule has 0 aliphatic rings. The molecule has 0 spiro atoms. The molecule has 0 radical (unpaired) electrons. The molecule has 3 aromatic heterocycles. The van der Waals surface area contributed by atoms with Crippen LogP contribution < -0.4 is 0 Å². The van der Waals surface area contributed by atoms with E-state index in [1.54, 1.807) is 18.3 Å². The van der Waals surface area contributed by atoms with Crippen LogP contribution in [0.4, 0.5) is 0 Å². The van der Waals surface area contributed by atoms with Crippen molar-refractivity contribution in [2.45, 2.75) is 0 Å². The van der Waals surface area contributed by atoms with Gasteiger partial charge in [0, 0.05) is 33.7 Å². The van der Waals surface area contributed by atoms with Crippen LogP contribution >= 0.6 is 0 Å². The molecule has 51 heavy (non-hydrogen) atoms. The first kappa shape index (κ1) is 29.9. The minimum atomic E-state index is 0.468. The van der Waals surface area contributed by atoms with Crippen molar-refractivity contribution < 1.29 is 4.42 Å². The number of nitrogens with zero attached hydrogens (tertiary/aromatic N) is 5. The Bertz CT molecular complexity index is 2730. The Labute approximate surface area is 294 Å². The Kier molecular flexibility index (Phi) is 7.42. The van der Waals surface area contributed by atoms with Crippen molar-refractivity contribution in [1.29, 1.82) is 5.26 Å². The molecule has 0 atom stereocenters. The van der Waals surface area contributed by atoms with E-state index in [4.69, 9.17) is 29.6 Å². The number of pyridine rings is 1. The zero-order chi connectivity index (χ0) is 34.1. The maximum Gasteiger partial charge on any atom is 0.182 e. The molecule has 0 unspecified atom stereocenters. The van der Waals surface area contributed by atoms with Crippen LogP contribution in [0.3, 0.4) is 0 Å². The summed E-state index contributed by atoms with van der Waals surface area (Å²) in [5.74, 6) is 1.55. The number of nitriles is 1. The monoisotopic (exact) mass is 653 g/mol. The standard InChI is InChI=1S/C45H27N5O/c46-27-29-17-19-31(20-18-29)36-22-24-39(47-28-36)45-49-43(32-11-5-2-6-12-32)48-44(50-45)35-21-23-38-41(26-35)51-40-16-8-15-37(42(38)40)34-14-7-13-33(25-34)30-9-3-1-4-10-30/h1-26,28H. The van der Waals surface area contributed by atoms with Gasteiger partial charge in [-0.05, 0) is 70.3 Å². The van der Waals surface area contributed by atoms with E-state index in [0.717, 1.165) is 55.3 Å². The van der Waals surface area contributed by atoms with E-state index < -0.39 is 0 Å². The van der Waals surface area contributed by atoms with E-state index in [-0.39, 0.29) is 0 Å². The number of furan rings is 1. The quantitative estimate of drug-likeness (QED) is 0.177. The van der Waals surface area contributed by atoms with Gasteiger partial charge in [0.1, 0.15) is 16.9 Å². The number of hydrogen-bond acceptors (Lipinski definition) is 6. The van der Waals surface area contributed by atoms with Crippen molar-refractivity contribution in [3.8, 4) is 73.7 Å². The highest BCUT2D eigenvalue weighted by molar-refractivity contribution is 6.13. The Morgan fingerprint density at radius 3 is 1.82 bits per heavy atom. The van der Waals surface area contributed by atoms with Gasteiger partial charge in [-0.3, -0.25) is 4.98 Å². The molecule has 3 heterocycles. The van der Waals surface area contributed by atoms with Gasteiger partial charge in [0.25, 0.3) is 0 Å². The van der Waals surface area contributed by atoms with Gasteiger partial charge in [0.2, 0.25) is 0 Å². The molecule has 0 saturated carbocycles. The van der Waals surface area contributed by atoms with Crippen LogP contribution in [0, 0.1) is 11.3 Å². The van der Waals surface area contributed by atoms with Gasteiger partial charge in [-0.25, -0.2) is 15.0 Å². The van der Waals surface area contributed by atoms with E-state index >= 15 is 0 Å². The highest BCUT2D eigenvalue weighted by atomic mass is 16.3. The topological polar surface area (TPSA) is 88.5 Å². The van der Waals surface area contributed by atoms with Gasteiger partial charge < -0.3 is 4.42 Å². The zero-order valence-electron chi connectivity index (χ0n) is 27.2. The molecule has 0 aliphatic carbocycles. The highest BCUT2D eigenvalue weighted by Crippen LogP contribution is 2.39. The van der Waals surface area contributed by atoms with Crippen molar-refractivity contribution in [2.75, 3.05) is 0 Å². The van der Waals surface area contributed by atoms with Crippen LogP contribution in [0.2, 0.25) is 0 Å². The molecule has 0 amide bonds.